The smallest absolute Gasteiger partial charge is 0.223 e. The first kappa shape index (κ1) is 16.5. The molecule has 3 nitrogen and oxygen atoms in total. The van der Waals surface area contributed by atoms with Crippen LogP contribution in [0.4, 0.5) is 0 Å². The Morgan fingerprint density at radius 3 is 2.58 bits per heavy atom. The summed E-state index contributed by atoms with van der Waals surface area (Å²) < 4.78 is 1.08. The Kier molecular flexibility index (Phi) is 6.83. The lowest BCUT2D eigenvalue weighted by Gasteiger charge is -2.31. The molecule has 1 fully saturated rings. The molecule has 0 spiro atoms. The van der Waals surface area contributed by atoms with E-state index in [4.69, 9.17) is 0 Å². The predicted molar refractivity (Wildman–Crippen MR) is 83.6 cm³/mol. The van der Waals surface area contributed by atoms with Crippen molar-refractivity contribution in [3.63, 3.8) is 0 Å². The molecule has 1 heterocycles. The second-order valence-electron chi connectivity index (χ2n) is 4.87. The lowest BCUT2D eigenvalue weighted by molar-refractivity contribution is -0.126. The van der Waals surface area contributed by atoms with Crippen LogP contribution in [-0.4, -0.2) is 25.5 Å². The summed E-state index contributed by atoms with van der Waals surface area (Å²) in [5, 5.41) is 6.22. The van der Waals surface area contributed by atoms with Gasteiger partial charge in [-0.2, -0.15) is 0 Å². The molecule has 1 aromatic carbocycles. The Morgan fingerprint density at radius 2 is 2.05 bits per heavy atom. The van der Waals surface area contributed by atoms with Crippen LogP contribution < -0.4 is 10.6 Å². The van der Waals surface area contributed by atoms with Gasteiger partial charge in [0.2, 0.25) is 5.91 Å². The molecule has 1 aliphatic heterocycles. The summed E-state index contributed by atoms with van der Waals surface area (Å²) in [7, 11) is 0. The summed E-state index contributed by atoms with van der Waals surface area (Å²) in [4.78, 5) is 11.9. The Morgan fingerprint density at radius 1 is 1.42 bits per heavy atom. The minimum absolute atomic E-state index is 0. The van der Waals surface area contributed by atoms with Gasteiger partial charge in [0, 0.05) is 16.9 Å². The third-order valence-corrected chi connectivity index (χ3v) is 4.09. The summed E-state index contributed by atoms with van der Waals surface area (Å²) in [6, 6.07) is 8.21. The van der Waals surface area contributed by atoms with Gasteiger partial charge >= 0.3 is 0 Å². The van der Waals surface area contributed by atoms with Gasteiger partial charge in [0.05, 0.1) is 0 Å². The van der Waals surface area contributed by atoms with Crippen molar-refractivity contribution < 1.29 is 4.79 Å². The van der Waals surface area contributed by atoms with Gasteiger partial charge in [-0.15, -0.1) is 12.4 Å². The first-order valence-corrected chi connectivity index (χ1v) is 7.19. The van der Waals surface area contributed by atoms with Crippen molar-refractivity contribution >= 4 is 34.2 Å². The number of nitrogens with one attached hydrogen (secondary N) is 2. The van der Waals surface area contributed by atoms with E-state index in [9.17, 15) is 4.79 Å². The maximum atomic E-state index is 11.9. The fourth-order valence-electron chi connectivity index (χ4n) is 2.02. The number of hydrogen-bond acceptors (Lipinski definition) is 2. The fourth-order valence-corrected chi connectivity index (χ4v) is 2.29. The Bertz CT molecular complexity index is 406. The highest BCUT2D eigenvalue weighted by molar-refractivity contribution is 9.10. The summed E-state index contributed by atoms with van der Waals surface area (Å²) >= 11 is 3.41. The number of hydrogen-bond donors (Lipinski definition) is 2. The molecule has 1 aliphatic rings. The summed E-state index contributed by atoms with van der Waals surface area (Å²) in [6.07, 6.45) is 0.884. The van der Waals surface area contributed by atoms with E-state index < -0.39 is 0 Å². The maximum absolute atomic E-state index is 11.9. The normalized spacial score (nSPS) is 16.1. The average molecular weight is 348 g/mol. The zero-order valence-electron chi connectivity index (χ0n) is 11.0. The molecule has 0 bridgehead atoms. The molecule has 0 aromatic heterocycles. The van der Waals surface area contributed by atoms with E-state index in [1.54, 1.807) is 0 Å². The molecule has 106 valence electrons. The zero-order valence-corrected chi connectivity index (χ0v) is 13.4. The first-order valence-electron chi connectivity index (χ1n) is 6.39. The van der Waals surface area contributed by atoms with Crippen LogP contribution in [0.5, 0.6) is 0 Å². The highest BCUT2D eigenvalue weighted by atomic mass is 79.9. The van der Waals surface area contributed by atoms with Gasteiger partial charge in [-0.1, -0.05) is 35.0 Å². The van der Waals surface area contributed by atoms with Gasteiger partial charge in [0.25, 0.3) is 0 Å². The van der Waals surface area contributed by atoms with Crippen LogP contribution in [-0.2, 0) is 11.2 Å². The molecule has 0 aliphatic carbocycles. The SMILES string of the molecule is CC(C(=O)NCCc1ccc(Br)cc1)C1CNC1.Cl. The summed E-state index contributed by atoms with van der Waals surface area (Å²) in [6.45, 7) is 4.67. The van der Waals surface area contributed by atoms with Gasteiger partial charge in [0.15, 0.2) is 0 Å². The Balaban J connectivity index is 0.00000180. The summed E-state index contributed by atoms with van der Waals surface area (Å²) in [5.41, 5.74) is 1.25. The Labute approximate surface area is 129 Å². The second kappa shape index (κ2) is 7.88. The molecule has 1 saturated heterocycles. The number of carbonyl (C=O) groups excluding carboxylic acids is 1. The quantitative estimate of drug-likeness (QED) is 0.858. The number of rotatable bonds is 5. The molecule has 1 aromatic rings. The third kappa shape index (κ3) is 4.79. The summed E-state index contributed by atoms with van der Waals surface area (Å²) in [5.74, 6) is 0.812. The molecule has 0 radical (unpaired) electrons. The topological polar surface area (TPSA) is 41.1 Å². The molecule has 19 heavy (non-hydrogen) atoms. The van der Waals surface area contributed by atoms with E-state index in [-0.39, 0.29) is 24.2 Å². The van der Waals surface area contributed by atoms with Crippen molar-refractivity contribution in [1.29, 1.82) is 0 Å². The molecular weight excluding hydrogens is 328 g/mol. The highest BCUT2D eigenvalue weighted by Gasteiger charge is 2.28. The average Bonchev–Trinajstić information content (AvgIpc) is 2.29. The van der Waals surface area contributed by atoms with Crippen LogP contribution in [0.1, 0.15) is 12.5 Å². The predicted octanol–water partition coefficient (Wildman–Crippen LogP) is 2.39. The van der Waals surface area contributed by atoms with Crippen LogP contribution in [0.15, 0.2) is 28.7 Å². The van der Waals surface area contributed by atoms with E-state index in [2.05, 4.69) is 38.7 Å². The van der Waals surface area contributed by atoms with E-state index in [0.717, 1.165) is 24.0 Å². The molecule has 1 unspecified atom stereocenters. The zero-order chi connectivity index (χ0) is 13.0. The molecule has 2 rings (SSSR count). The molecule has 1 amide bonds. The molecule has 1 atom stereocenters. The van der Waals surface area contributed by atoms with Gasteiger partial charge in [-0.3, -0.25) is 4.79 Å². The van der Waals surface area contributed by atoms with E-state index in [1.807, 2.05) is 19.1 Å². The monoisotopic (exact) mass is 346 g/mol. The second-order valence-corrected chi connectivity index (χ2v) is 5.79. The minimum atomic E-state index is 0. The molecule has 2 N–H and O–H groups in total. The van der Waals surface area contributed by atoms with E-state index >= 15 is 0 Å². The van der Waals surface area contributed by atoms with Crippen molar-refractivity contribution in [3.05, 3.63) is 34.3 Å². The van der Waals surface area contributed by atoms with Crippen LogP contribution in [0, 0.1) is 11.8 Å². The lowest BCUT2D eigenvalue weighted by Crippen LogP contribution is -2.49. The maximum Gasteiger partial charge on any atom is 0.223 e. The van der Waals surface area contributed by atoms with Crippen LogP contribution in [0.25, 0.3) is 0 Å². The molecule has 5 heteroatoms. The van der Waals surface area contributed by atoms with Crippen molar-refractivity contribution in [3.8, 4) is 0 Å². The third-order valence-electron chi connectivity index (χ3n) is 3.56. The first-order chi connectivity index (χ1) is 8.66. The van der Waals surface area contributed by atoms with Crippen molar-refractivity contribution in [1.82, 2.24) is 10.6 Å². The largest absolute Gasteiger partial charge is 0.356 e. The van der Waals surface area contributed by atoms with Gasteiger partial charge in [0.1, 0.15) is 0 Å². The van der Waals surface area contributed by atoms with Gasteiger partial charge < -0.3 is 10.6 Å². The van der Waals surface area contributed by atoms with Gasteiger partial charge in [-0.25, -0.2) is 0 Å². The fraction of sp³-hybridized carbons (Fsp3) is 0.500. The number of halogens is 2. The minimum Gasteiger partial charge on any atom is -0.356 e. The van der Waals surface area contributed by atoms with Crippen molar-refractivity contribution in [2.24, 2.45) is 11.8 Å². The number of carbonyl (C=O) groups is 1. The highest BCUT2D eigenvalue weighted by Crippen LogP contribution is 2.15. The lowest BCUT2D eigenvalue weighted by atomic mass is 9.88. The van der Waals surface area contributed by atoms with Gasteiger partial charge in [-0.05, 0) is 43.1 Å². The van der Waals surface area contributed by atoms with Crippen LogP contribution in [0.3, 0.4) is 0 Å². The van der Waals surface area contributed by atoms with Crippen molar-refractivity contribution in [2.45, 2.75) is 13.3 Å². The Hall–Kier alpha value is -0.580. The standard InChI is InChI=1S/C14H19BrN2O.ClH/c1-10(12-8-16-9-12)14(18)17-7-6-11-2-4-13(15)5-3-11;/h2-5,10,12,16H,6-9H2,1H3,(H,17,18);1H. The van der Waals surface area contributed by atoms with Crippen molar-refractivity contribution in [2.75, 3.05) is 19.6 Å². The van der Waals surface area contributed by atoms with E-state index in [1.165, 1.54) is 5.56 Å². The van der Waals surface area contributed by atoms with Crippen LogP contribution >= 0.6 is 28.3 Å². The molecular formula is C14H20BrClN2O. The van der Waals surface area contributed by atoms with Crippen LogP contribution in [0.2, 0.25) is 0 Å². The number of benzene rings is 1. The molecule has 0 saturated carbocycles. The van der Waals surface area contributed by atoms with E-state index in [0.29, 0.717) is 12.5 Å². The number of amides is 1.